The summed E-state index contributed by atoms with van der Waals surface area (Å²) in [7, 11) is 2.96. The van der Waals surface area contributed by atoms with Crippen molar-refractivity contribution in [3.63, 3.8) is 0 Å². The van der Waals surface area contributed by atoms with Crippen molar-refractivity contribution in [1.29, 1.82) is 0 Å². The third kappa shape index (κ3) is 2.22. The average molecular weight is 244 g/mol. The zero-order valence-electron chi connectivity index (χ0n) is 8.70. The number of anilines is 1. The number of nitrogens with one attached hydrogen (secondary N) is 2. The molecule has 0 bridgehead atoms. The molecule has 16 heavy (non-hydrogen) atoms. The van der Waals surface area contributed by atoms with Crippen molar-refractivity contribution in [2.75, 3.05) is 19.4 Å². The molecule has 2 N–H and O–H groups in total. The van der Waals surface area contributed by atoms with Crippen LogP contribution in [0.1, 0.15) is 10.4 Å². The van der Waals surface area contributed by atoms with Crippen molar-refractivity contribution >= 4 is 28.9 Å². The molecule has 0 atom stereocenters. The molecule has 0 saturated heterocycles. The van der Waals surface area contributed by atoms with Gasteiger partial charge in [0.25, 0.3) is 11.6 Å². The van der Waals surface area contributed by atoms with E-state index in [1.807, 2.05) is 0 Å². The molecule has 1 amide bonds. The van der Waals surface area contributed by atoms with Gasteiger partial charge in [-0.15, -0.1) is 0 Å². The zero-order chi connectivity index (χ0) is 12.3. The van der Waals surface area contributed by atoms with E-state index in [9.17, 15) is 14.9 Å². The number of nitrogens with zero attached hydrogens (tertiary/aromatic N) is 1. The second-order valence-electron chi connectivity index (χ2n) is 2.94. The van der Waals surface area contributed by atoms with E-state index in [-0.39, 0.29) is 22.0 Å². The number of nitro groups is 1. The third-order valence-electron chi connectivity index (χ3n) is 2.01. The molecular weight excluding hydrogens is 234 g/mol. The molecule has 0 aromatic heterocycles. The summed E-state index contributed by atoms with van der Waals surface area (Å²) in [6.45, 7) is 0. The van der Waals surface area contributed by atoms with Gasteiger partial charge in [0.15, 0.2) is 0 Å². The maximum absolute atomic E-state index is 11.3. The molecule has 0 saturated carbocycles. The van der Waals surface area contributed by atoms with Crippen LogP contribution in [0.4, 0.5) is 11.4 Å². The molecule has 0 unspecified atom stereocenters. The van der Waals surface area contributed by atoms with Gasteiger partial charge in [-0.05, 0) is 6.07 Å². The van der Waals surface area contributed by atoms with E-state index in [4.69, 9.17) is 11.6 Å². The minimum Gasteiger partial charge on any atom is -0.381 e. The Morgan fingerprint density at radius 2 is 2.06 bits per heavy atom. The highest BCUT2D eigenvalue weighted by Crippen LogP contribution is 2.33. The Bertz CT molecular complexity index is 448. The number of hydrogen-bond donors (Lipinski definition) is 2. The lowest BCUT2D eigenvalue weighted by atomic mass is 10.1. The minimum atomic E-state index is -0.593. The van der Waals surface area contributed by atoms with Crippen LogP contribution in [0, 0.1) is 10.1 Å². The van der Waals surface area contributed by atoms with Gasteiger partial charge in [-0.1, -0.05) is 11.6 Å². The molecule has 7 heteroatoms. The Morgan fingerprint density at radius 3 is 2.50 bits per heavy atom. The summed E-state index contributed by atoms with van der Waals surface area (Å²) in [5.41, 5.74) is 0.117. The normalized spacial score (nSPS) is 9.69. The first-order valence-corrected chi connectivity index (χ1v) is 4.76. The topological polar surface area (TPSA) is 84.3 Å². The highest BCUT2D eigenvalue weighted by molar-refractivity contribution is 6.34. The van der Waals surface area contributed by atoms with E-state index >= 15 is 0 Å². The Morgan fingerprint density at radius 1 is 1.44 bits per heavy atom. The Labute approximate surface area is 96.7 Å². The molecule has 1 aromatic carbocycles. The summed E-state index contributed by atoms with van der Waals surface area (Å²) in [5.74, 6) is -0.423. The summed E-state index contributed by atoms with van der Waals surface area (Å²) in [6.07, 6.45) is 0. The van der Waals surface area contributed by atoms with Gasteiger partial charge in [0, 0.05) is 25.7 Å². The Balaban J connectivity index is 3.39. The first-order valence-electron chi connectivity index (χ1n) is 4.39. The maximum atomic E-state index is 11.3. The molecule has 0 fully saturated rings. The number of rotatable bonds is 3. The summed E-state index contributed by atoms with van der Waals surface area (Å²) in [5, 5.41) is 15.9. The highest BCUT2D eigenvalue weighted by Gasteiger charge is 2.19. The number of halogens is 1. The molecule has 6 nitrogen and oxygen atoms in total. The molecule has 0 aliphatic carbocycles. The molecule has 0 aliphatic heterocycles. The lowest BCUT2D eigenvalue weighted by Crippen LogP contribution is -2.18. The van der Waals surface area contributed by atoms with Gasteiger partial charge < -0.3 is 10.6 Å². The van der Waals surface area contributed by atoms with Gasteiger partial charge in [0.05, 0.1) is 9.95 Å². The summed E-state index contributed by atoms with van der Waals surface area (Å²) in [4.78, 5) is 21.5. The van der Waals surface area contributed by atoms with Crippen LogP contribution in [0.3, 0.4) is 0 Å². The summed E-state index contributed by atoms with van der Waals surface area (Å²) >= 11 is 5.83. The lowest BCUT2D eigenvalue weighted by molar-refractivity contribution is -0.383. The predicted molar refractivity (Wildman–Crippen MR) is 61.0 cm³/mol. The van der Waals surface area contributed by atoms with Gasteiger partial charge in [0.1, 0.15) is 5.69 Å². The first kappa shape index (κ1) is 12.3. The van der Waals surface area contributed by atoms with Crippen LogP contribution >= 0.6 is 11.6 Å². The first-order chi connectivity index (χ1) is 7.51. The van der Waals surface area contributed by atoms with Crippen LogP contribution in [0.25, 0.3) is 0 Å². The van der Waals surface area contributed by atoms with Crippen LogP contribution in [0.5, 0.6) is 0 Å². The molecular formula is C9H10ClN3O3. The molecule has 0 radical (unpaired) electrons. The number of carbonyl (C=O) groups excluding carboxylic acids is 1. The van der Waals surface area contributed by atoms with Crippen molar-refractivity contribution in [2.45, 2.75) is 0 Å². The number of nitro benzene ring substituents is 1. The molecule has 1 aromatic rings. The Hall–Kier alpha value is -1.82. The van der Waals surface area contributed by atoms with E-state index in [1.54, 1.807) is 0 Å². The van der Waals surface area contributed by atoms with E-state index in [1.165, 1.54) is 26.2 Å². The predicted octanol–water partition coefficient (Wildman–Crippen LogP) is 1.65. The van der Waals surface area contributed by atoms with Crippen molar-refractivity contribution in [2.24, 2.45) is 0 Å². The SMILES string of the molecule is CNC(=O)c1cc(Cl)c(NC)c([N+](=O)[O-])c1. The summed E-state index contributed by atoms with van der Waals surface area (Å²) < 4.78 is 0. The minimum absolute atomic E-state index is 0.135. The van der Waals surface area contributed by atoms with E-state index in [0.717, 1.165) is 0 Å². The van der Waals surface area contributed by atoms with Crippen molar-refractivity contribution in [1.82, 2.24) is 5.32 Å². The second-order valence-corrected chi connectivity index (χ2v) is 3.35. The molecule has 0 heterocycles. The second kappa shape index (κ2) is 4.80. The maximum Gasteiger partial charge on any atom is 0.294 e. The van der Waals surface area contributed by atoms with Gasteiger partial charge >= 0.3 is 0 Å². The number of benzene rings is 1. The largest absolute Gasteiger partial charge is 0.381 e. The Kier molecular flexibility index (Phi) is 3.68. The van der Waals surface area contributed by atoms with Crippen molar-refractivity contribution < 1.29 is 9.72 Å². The monoisotopic (exact) mass is 243 g/mol. The van der Waals surface area contributed by atoms with Crippen LogP contribution in [0.2, 0.25) is 5.02 Å². The van der Waals surface area contributed by atoms with Gasteiger partial charge in [-0.3, -0.25) is 14.9 Å². The van der Waals surface area contributed by atoms with E-state index in [0.29, 0.717) is 0 Å². The molecule has 0 aliphatic rings. The zero-order valence-corrected chi connectivity index (χ0v) is 9.46. The van der Waals surface area contributed by atoms with Crippen LogP contribution < -0.4 is 10.6 Å². The quantitative estimate of drug-likeness (QED) is 0.624. The number of hydrogen-bond acceptors (Lipinski definition) is 4. The van der Waals surface area contributed by atoms with Gasteiger partial charge in [0.2, 0.25) is 0 Å². The van der Waals surface area contributed by atoms with Crippen molar-refractivity contribution in [3.8, 4) is 0 Å². The van der Waals surface area contributed by atoms with Crippen LogP contribution in [0.15, 0.2) is 12.1 Å². The number of amides is 1. The lowest BCUT2D eigenvalue weighted by Gasteiger charge is -2.07. The third-order valence-corrected chi connectivity index (χ3v) is 2.30. The van der Waals surface area contributed by atoms with Crippen LogP contribution in [-0.2, 0) is 0 Å². The summed E-state index contributed by atoms with van der Waals surface area (Å²) in [6, 6.07) is 2.55. The fourth-order valence-corrected chi connectivity index (χ4v) is 1.57. The van der Waals surface area contributed by atoms with Crippen LogP contribution in [-0.4, -0.2) is 24.9 Å². The molecule has 0 spiro atoms. The number of carbonyl (C=O) groups is 1. The molecule has 1 rings (SSSR count). The van der Waals surface area contributed by atoms with E-state index in [2.05, 4.69) is 10.6 Å². The highest BCUT2D eigenvalue weighted by atomic mass is 35.5. The smallest absolute Gasteiger partial charge is 0.294 e. The average Bonchev–Trinajstić information content (AvgIpc) is 2.26. The van der Waals surface area contributed by atoms with Gasteiger partial charge in [-0.2, -0.15) is 0 Å². The fraction of sp³-hybridized carbons (Fsp3) is 0.222. The van der Waals surface area contributed by atoms with E-state index < -0.39 is 10.8 Å². The van der Waals surface area contributed by atoms with Crippen molar-refractivity contribution in [3.05, 3.63) is 32.8 Å². The van der Waals surface area contributed by atoms with Gasteiger partial charge in [-0.25, -0.2) is 0 Å². The standard InChI is InChI=1S/C9H10ClN3O3/c1-11-8-6(10)3-5(9(14)12-2)4-7(8)13(15)16/h3-4,11H,1-2H3,(H,12,14). The molecule has 86 valence electrons. The fourth-order valence-electron chi connectivity index (χ4n) is 1.26.